The number of nitrogens with one attached hydrogen (secondary N) is 1. The van der Waals surface area contributed by atoms with Crippen LogP contribution in [0.2, 0.25) is 0 Å². The second kappa shape index (κ2) is 6.04. The molecule has 1 aliphatic rings. The molecule has 18 heavy (non-hydrogen) atoms. The van der Waals surface area contributed by atoms with Gasteiger partial charge < -0.3 is 20.4 Å². The van der Waals surface area contributed by atoms with Crippen LogP contribution < -0.4 is 5.32 Å². The largest absolute Gasteiger partial charge is 0.481 e. The summed E-state index contributed by atoms with van der Waals surface area (Å²) < 4.78 is 0. The first-order chi connectivity index (χ1) is 8.45. The first-order valence-electron chi connectivity index (χ1n) is 6.39. The summed E-state index contributed by atoms with van der Waals surface area (Å²) in [5.41, 5.74) is -0.895. The van der Waals surface area contributed by atoms with Crippen molar-refractivity contribution in [3.63, 3.8) is 0 Å². The number of amides is 2. The van der Waals surface area contributed by atoms with Crippen LogP contribution in [0.3, 0.4) is 0 Å². The van der Waals surface area contributed by atoms with Crippen molar-refractivity contribution < 1.29 is 19.8 Å². The van der Waals surface area contributed by atoms with Crippen molar-refractivity contribution in [2.75, 3.05) is 19.6 Å². The molecule has 0 saturated carbocycles. The van der Waals surface area contributed by atoms with Crippen molar-refractivity contribution in [2.45, 2.75) is 39.2 Å². The van der Waals surface area contributed by atoms with E-state index in [0.717, 1.165) is 0 Å². The third kappa shape index (κ3) is 3.13. The average Bonchev–Trinajstić information content (AvgIpc) is 2.77. The minimum atomic E-state index is -0.895. The minimum Gasteiger partial charge on any atom is -0.481 e. The zero-order valence-electron chi connectivity index (χ0n) is 11.0. The molecule has 0 aliphatic carbocycles. The molecule has 1 unspecified atom stereocenters. The van der Waals surface area contributed by atoms with Crippen molar-refractivity contribution in [2.24, 2.45) is 5.41 Å². The molecule has 6 heteroatoms. The lowest BCUT2D eigenvalue weighted by Crippen LogP contribution is -2.46. The number of aliphatic carboxylic acids is 1. The van der Waals surface area contributed by atoms with Crippen molar-refractivity contribution >= 4 is 12.0 Å². The van der Waals surface area contributed by atoms with E-state index in [-0.39, 0.29) is 12.6 Å². The van der Waals surface area contributed by atoms with Crippen molar-refractivity contribution in [1.29, 1.82) is 0 Å². The SMILES string of the molecule is CCC(CC)(CNC(=O)N1CCC(O)C1)C(=O)O. The molecule has 0 spiro atoms. The van der Waals surface area contributed by atoms with Gasteiger partial charge in [0, 0.05) is 19.6 Å². The zero-order chi connectivity index (χ0) is 13.8. The van der Waals surface area contributed by atoms with Crippen LogP contribution in [-0.4, -0.2) is 52.9 Å². The number of aliphatic hydroxyl groups is 1. The number of rotatable bonds is 5. The van der Waals surface area contributed by atoms with Gasteiger partial charge in [-0.05, 0) is 19.3 Å². The van der Waals surface area contributed by atoms with Crippen LogP contribution >= 0.6 is 0 Å². The molecular weight excluding hydrogens is 236 g/mol. The zero-order valence-corrected chi connectivity index (χ0v) is 11.0. The Balaban J connectivity index is 2.52. The van der Waals surface area contributed by atoms with Gasteiger partial charge in [0.1, 0.15) is 0 Å². The maximum atomic E-state index is 11.8. The Bertz CT molecular complexity index is 315. The Labute approximate surface area is 107 Å². The lowest BCUT2D eigenvalue weighted by molar-refractivity contribution is -0.149. The summed E-state index contributed by atoms with van der Waals surface area (Å²) in [7, 11) is 0. The Hall–Kier alpha value is -1.30. The Morgan fingerprint density at radius 1 is 1.39 bits per heavy atom. The number of hydrogen-bond acceptors (Lipinski definition) is 3. The number of carbonyl (C=O) groups is 2. The van der Waals surface area contributed by atoms with Crippen molar-refractivity contribution in [1.82, 2.24) is 10.2 Å². The summed E-state index contributed by atoms with van der Waals surface area (Å²) in [4.78, 5) is 24.6. The van der Waals surface area contributed by atoms with E-state index in [4.69, 9.17) is 0 Å². The Morgan fingerprint density at radius 3 is 2.39 bits per heavy atom. The van der Waals surface area contributed by atoms with E-state index in [1.807, 2.05) is 13.8 Å². The van der Waals surface area contributed by atoms with Gasteiger partial charge in [0.25, 0.3) is 0 Å². The second-order valence-corrected chi connectivity index (χ2v) is 4.84. The molecule has 0 bridgehead atoms. The highest BCUT2D eigenvalue weighted by Gasteiger charge is 2.36. The number of likely N-dealkylation sites (tertiary alicyclic amines) is 1. The highest BCUT2D eigenvalue weighted by molar-refractivity contribution is 5.78. The molecule has 1 atom stereocenters. The monoisotopic (exact) mass is 258 g/mol. The maximum Gasteiger partial charge on any atom is 0.317 e. The smallest absolute Gasteiger partial charge is 0.317 e. The number of carbonyl (C=O) groups excluding carboxylic acids is 1. The molecule has 6 nitrogen and oxygen atoms in total. The van der Waals surface area contributed by atoms with E-state index in [9.17, 15) is 19.8 Å². The van der Waals surface area contributed by atoms with Gasteiger partial charge in [-0.2, -0.15) is 0 Å². The Kier molecular flexibility index (Phi) is 4.95. The van der Waals surface area contributed by atoms with Crippen molar-refractivity contribution in [3.05, 3.63) is 0 Å². The highest BCUT2D eigenvalue weighted by Crippen LogP contribution is 2.25. The van der Waals surface area contributed by atoms with Gasteiger partial charge in [-0.1, -0.05) is 13.8 Å². The molecule has 0 radical (unpaired) electrons. The average molecular weight is 258 g/mol. The molecule has 104 valence electrons. The van der Waals surface area contributed by atoms with Crippen LogP contribution in [0, 0.1) is 5.41 Å². The number of urea groups is 1. The summed E-state index contributed by atoms with van der Waals surface area (Å²) in [5, 5.41) is 21.2. The Morgan fingerprint density at radius 2 is 2.00 bits per heavy atom. The second-order valence-electron chi connectivity index (χ2n) is 4.84. The van der Waals surface area contributed by atoms with E-state index in [0.29, 0.717) is 32.4 Å². The fourth-order valence-electron chi connectivity index (χ4n) is 2.16. The molecule has 1 rings (SSSR count). The lowest BCUT2D eigenvalue weighted by atomic mass is 9.82. The molecule has 2 amide bonds. The summed E-state index contributed by atoms with van der Waals surface area (Å²) in [5.74, 6) is -0.880. The van der Waals surface area contributed by atoms with Crippen LogP contribution in [0.5, 0.6) is 0 Å². The van der Waals surface area contributed by atoms with Crippen LogP contribution in [-0.2, 0) is 4.79 Å². The van der Waals surface area contributed by atoms with E-state index in [1.54, 1.807) is 0 Å². The minimum absolute atomic E-state index is 0.126. The van der Waals surface area contributed by atoms with Gasteiger partial charge in [0.15, 0.2) is 0 Å². The number of nitrogens with zero attached hydrogens (tertiary/aromatic N) is 1. The molecule has 1 fully saturated rings. The summed E-state index contributed by atoms with van der Waals surface area (Å²) in [6.07, 6.45) is 1.07. The number of β-amino-alcohol motifs (C(OH)–C–C–N with tert-alkyl or cyclic N) is 1. The predicted octanol–water partition coefficient (Wildman–Crippen LogP) is 0.654. The van der Waals surface area contributed by atoms with E-state index >= 15 is 0 Å². The summed E-state index contributed by atoms with van der Waals surface area (Å²) >= 11 is 0. The molecule has 0 aromatic heterocycles. The van der Waals surface area contributed by atoms with Crippen molar-refractivity contribution in [3.8, 4) is 0 Å². The normalized spacial score (nSPS) is 19.9. The van der Waals surface area contributed by atoms with Gasteiger partial charge in [-0.15, -0.1) is 0 Å². The first kappa shape index (κ1) is 14.8. The fourth-order valence-corrected chi connectivity index (χ4v) is 2.16. The lowest BCUT2D eigenvalue weighted by Gasteiger charge is -2.28. The van der Waals surface area contributed by atoms with Gasteiger partial charge in [0.2, 0.25) is 0 Å². The highest BCUT2D eigenvalue weighted by atomic mass is 16.4. The number of hydrogen-bond donors (Lipinski definition) is 3. The van der Waals surface area contributed by atoms with E-state index in [1.165, 1.54) is 4.90 Å². The van der Waals surface area contributed by atoms with Gasteiger partial charge in [-0.3, -0.25) is 4.79 Å². The quantitative estimate of drug-likeness (QED) is 0.675. The van der Waals surface area contributed by atoms with Gasteiger partial charge >= 0.3 is 12.0 Å². The van der Waals surface area contributed by atoms with Gasteiger partial charge in [0.05, 0.1) is 11.5 Å². The molecule has 1 heterocycles. The summed E-state index contributed by atoms with van der Waals surface area (Å²) in [6, 6.07) is -0.293. The van der Waals surface area contributed by atoms with Crippen LogP contribution in [0.15, 0.2) is 0 Å². The predicted molar refractivity (Wildman–Crippen MR) is 66.2 cm³/mol. The molecule has 3 N–H and O–H groups in total. The fraction of sp³-hybridized carbons (Fsp3) is 0.833. The number of carboxylic acids is 1. The molecule has 1 aliphatic heterocycles. The summed E-state index contributed by atoms with van der Waals surface area (Å²) in [6.45, 7) is 4.59. The van der Waals surface area contributed by atoms with E-state index in [2.05, 4.69) is 5.32 Å². The standard InChI is InChI=1S/C12H22N2O4/c1-3-12(4-2,10(16)17)8-13-11(18)14-6-5-9(15)7-14/h9,15H,3-8H2,1-2H3,(H,13,18)(H,16,17). The third-order valence-corrected chi connectivity index (χ3v) is 3.84. The molecular formula is C12H22N2O4. The number of carboxylic acid groups (broad SMARTS) is 1. The maximum absolute atomic E-state index is 11.8. The van der Waals surface area contributed by atoms with Gasteiger partial charge in [-0.25, -0.2) is 4.79 Å². The first-order valence-corrected chi connectivity index (χ1v) is 6.39. The topological polar surface area (TPSA) is 89.9 Å². The molecule has 0 aromatic carbocycles. The van der Waals surface area contributed by atoms with Crippen LogP contribution in [0.1, 0.15) is 33.1 Å². The number of aliphatic hydroxyl groups excluding tert-OH is 1. The van der Waals surface area contributed by atoms with Crippen LogP contribution in [0.25, 0.3) is 0 Å². The third-order valence-electron chi connectivity index (χ3n) is 3.84. The van der Waals surface area contributed by atoms with E-state index < -0.39 is 17.5 Å². The van der Waals surface area contributed by atoms with Crippen LogP contribution in [0.4, 0.5) is 4.79 Å². The molecule has 1 saturated heterocycles. The molecule has 0 aromatic rings.